The predicted octanol–water partition coefficient (Wildman–Crippen LogP) is 4.74. The largest absolute Gasteiger partial charge is 0.337 e. The molecule has 2 N–H and O–H groups in total. The lowest BCUT2D eigenvalue weighted by Gasteiger charge is -2.18. The highest BCUT2D eigenvalue weighted by molar-refractivity contribution is 6.00. The van der Waals surface area contributed by atoms with E-state index in [-0.39, 0.29) is 11.8 Å². The third-order valence-corrected chi connectivity index (χ3v) is 4.81. The van der Waals surface area contributed by atoms with Crippen LogP contribution < -0.4 is 10.6 Å². The van der Waals surface area contributed by atoms with Crippen molar-refractivity contribution in [3.63, 3.8) is 0 Å². The summed E-state index contributed by atoms with van der Waals surface area (Å²) in [4.78, 5) is 29.5. The smallest absolute Gasteiger partial charge is 0.251 e. The summed E-state index contributed by atoms with van der Waals surface area (Å²) >= 11 is 0. The Morgan fingerprint density at radius 2 is 1.61 bits per heavy atom. The maximum atomic E-state index is 12.9. The fraction of sp³-hybridized carbons (Fsp3) is 0.0385. The summed E-state index contributed by atoms with van der Waals surface area (Å²) in [6, 6.07) is 25.8. The molecular formula is C26H21N3O2. The van der Waals surface area contributed by atoms with Gasteiger partial charge in [0.25, 0.3) is 5.91 Å². The van der Waals surface area contributed by atoms with Crippen LogP contribution in [0.4, 0.5) is 5.69 Å². The van der Waals surface area contributed by atoms with Gasteiger partial charge in [-0.2, -0.15) is 0 Å². The van der Waals surface area contributed by atoms with E-state index in [2.05, 4.69) is 15.6 Å². The summed E-state index contributed by atoms with van der Waals surface area (Å²) < 4.78 is 0. The second-order valence-corrected chi connectivity index (χ2v) is 7.02. The molecule has 5 heteroatoms. The molecule has 0 radical (unpaired) electrons. The van der Waals surface area contributed by atoms with Crippen LogP contribution in [0.2, 0.25) is 0 Å². The minimum absolute atomic E-state index is 0.341. The first-order chi connectivity index (χ1) is 15.2. The average Bonchev–Trinajstić information content (AvgIpc) is 2.82. The molecule has 2 amide bonds. The molecule has 0 aliphatic carbocycles. The molecule has 1 atom stereocenters. The zero-order valence-corrected chi connectivity index (χ0v) is 16.7. The normalized spacial score (nSPS) is 11.9. The van der Waals surface area contributed by atoms with Crippen molar-refractivity contribution in [1.29, 1.82) is 0 Å². The number of hydrogen-bond acceptors (Lipinski definition) is 3. The Bertz CT molecular complexity index is 1220. The number of rotatable bonds is 6. The molecule has 0 aliphatic rings. The van der Waals surface area contributed by atoms with E-state index in [1.165, 1.54) is 6.08 Å². The molecular weight excluding hydrogens is 386 g/mol. The molecule has 3 aromatic carbocycles. The van der Waals surface area contributed by atoms with Crippen molar-refractivity contribution in [2.75, 3.05) is 5.32 Å². The minimum atomic E-state index is -0.838. The number of carbonyl (C=O) groups excluding carboxylic acids is 2. The first-order valence-corrected chi connectivity index (χ1v) is 9.92. The molecule has 0 saturated heterocycles. The summed E-state index contributed by atoms with van der Waals surface area (Å²) in [5.74, 6) is -0.699. The Balaban J connectivity index is 1.50. The zero-order chi connectivity index (χ0) is 21.5. The van der Waals surface area contributed by atoms with Gasteiger partial charge in [0.15, 0.2) is 0 Å². The standard InChI is InChI=1S/C26H21N3O2/c30-24(15-13-19-12-14-20-7-4-5-10-22(20)17-19)29-25(21-8-2-1-3-9-21)26(31)28-23-11-6-16-27-18-23/h1-18,25H,(H,28,31)(H,29,30)/b15-13+. The summed E-state index contributed by atoms with van der Waals surface area (Å²) in [7, 11) is 0. The lowest BCUT2D eigenvalue weighted by Crippen LogP contribution is -2.36. The molecule has 1 unspecified atom stereocenters. The van der Waals surface area contributed by atoms with Crippen molar-refractivity contribution in [3.8, 4) is 0 Å². The third-order valence-electron chi connectivity index (χ3n) is 4.81. The van der Waals surface area contributed by atoms with Crippen LogP contribution in [0.25, 0.3) is 16.8 Å². The number of hydrogen-bond donors (Lipinski definition) is 2. The van der Waals surface area contributed by atoms with Crippen LogP contribution in [-0.2, 0) is 9.59 Å². The van der Waals surface area contributed by atoms with Crippen LogP contribution >= 0.6 is 0 Å². The summed E-state index contributed by atoms with van der Waals surface area (Å²) in [6.07, 6.45) is 6.37. The Labute approximate surface area is 180 Å². The van der Waals surface area contributed by atoms with Gasteiger partial charge in [0, 0.05) is 12.3 Å². The van der Waals surface area contributed by atoms with Gasteiger partial charge in [-0.1, -0.05) is 66.7 Å². The molecule has 4 aromatic rings. The Hall–Kier alpha value is -4.25. The number of nitrogens with zero attached hydrogens (tertiary/aromatic N) is 1. The van der Waals surface area contributed by atoms with E-state index in [9.17, 15) is 9.59 Å². The fourth-order valence-corrected chi connectivity index (χ4v) is 3.27. The number of nitrogens with one attached hydrogen (secondary N) is 2. The number of carbonyl (C=O) groups is 2. The second-order valence-electron chi connectivity index (χ2n) is 7.02. The molecule has 1 heterocycles. The van der Waals surface area contributed by atoms with Crippen LogP contribution in [0.3, 0.4) is 0 Å². The van der Waals surface area contributed by atoms with Gasteiger partial charge in [0.1, 0.15) is 6.04 Å². The van der Waals surface area contributed by atoms with E-state index in [0.29, 0.717) is 11.3 Å². The first kappa shape index (κ1) is 20.0. The lowest BCUT2D eigenvalue weighted by molar-refractivity contribution is -0.123. The first-order valence-electron chi connectivity index (χ1n) is 9.92. The molecule has 5 nitrogen and oxygen atoms in total. The molecule has 31 heavy (non-hydrogen) atoms. The van der Waals surface area contributed by atoms with Gasteiger partial charge >= 0.3 is 0 Å². The van der Waals surface area contributed by atoms with E-state index < -0.39 is 6.04 Å². The quantitative estimate of drug-likeness (QED) is 0.453. The fourth-order valence-electron chi connectivity index (χ4n) is 3.27. The summed E-state index contributed by atoms with van der Waals surface area (Å²) in [6.45, 7) is 0. The number of anilines is 1. The highest BCUT2D eigenvalue weighted by Gasteiger charge is 2.22. The van der Waals surface area contributed by atoms with Crippen molar-refractivity contribution in [3.05, 3.63) is 115 Å². The second kappa shape index (κ2) is 9.50. The van der Waals surface area contributed by atoms with Crippen LogP contribution in [0.5, 0.6) is 0 Å². The van der Waals surface area contributed by atoms with Crippen LogP contribution in [0.1, 0.15) is 17.2 Å². The Morgan fingerprint density at radius 1 is 0.839 bits per heavy atom. The Kier molecular flexibility index (Phi) is 6.14. The van der Waals surface area contributed by atoms with E-state index in [0.717, 1.165) is 16.3 Å². The monoisotopic (exact) mass is 407 g/mol. The van der Waals surface area contributed by atoms with Crippen molar-refractivity contribution < 1.29 is 9.59 Å². The van der Waals surface area contributed by atoms with Crippen LogP contribution in [-0.4, -0.2) is 16.8 Å². The lowest BCUT2D eigenvalue weighted by atomic mass is 10.1. The van der Waals surface area contributed by atoms with Gasteiger partial charge in [-0.3, -0.25) is 14.6 Å². The number of amides is 2. The highest BCUT2D eigenvalue weighted by atomic mass is 16.2. The van der Waals surface area contributed by atoms with Gasteiger partial charge in [0.05, 0.1) is 11.9 Å². The number of aromatic nitrogens is 1. The van der Waals surface area contributed by atoms with Gasteiger partial charge in [-0.25, -0.2) is 0 Å². The summed E-state index contributed by atoms with van der Waals surface area (Å²) in [5.41, 5.74) is 2.16. The van der Waals surface area contributed by atoms with Crippen molar-refractivity contribution in [2.24, 2.45) is 0 Å². The van der Waals surface area contributed by atoms with Gasteiger partial charge in [-0.05, 0) is 46.2 Å². The predicted molar refractivity (Wildman–Crippen MR) is 123 cm³/mol. The van der Waals surface area contributed by atoms with Crippen molar-refractivity contribution in [2.45, 2.75) is 6.04 Å². The molecule has 0 fully saturated rings. The summed E-state index contributed by atoms with van der Waals surface area (Å²) in [5, 5.41) is 7.84. The van der Waals surface area contributed by atoms with Gasteiger partial charge in [0.2, 0.25) is 5.91 Å². The average molecular weight is 407 g/mol. The molecule has 0 saturated carbocycles. The minimum Gasteiger partial charge on any atom is -0.337 e. The maximum absolute atomic E-state index is 12.9. The van der Waals surface area contributed by atoms with E-state index in [1.807, 2.05) is 60.7 Å². The SMILES string of the molecule is O=C(/C=C/c1ccc2ccccc2c1)NC(C(=O)Nc1cccnc1)c1ccccc1. The maximum Gasteiger partial charge on any atom is 0.251 e. The van der Waals surface area contributed by atoms with E-state index >= 15 is 0 Å². The van der Waals surface area contributed by atoms with Crippen molar-refractivity contribution in [1.82, 2.24) is 10.3 Å². The van der Waals surface area contributed by atoms with Crippen LogP contribution in [0.15, 0.2) is 103 Å². The molecule has 0 bridgehead atoms. The topological polar surface area (TPSA) is 71.1 Å². The van der Waals surface area contributed by atoms with Crippen LogP contribution in [0, 0.1) is 0 Å². The molecule has 1 aromatic heterocycles. The van der Waals surface area contributed by atoms with E-state index in [4.69, 9.17) is 0 Å². The van der Waals surface area contributed by atoms with Gasteiger partial charge < -0.3 is 10.6 Å². The molecule has 0 aliphatic heterocycles. The van der Waals surface area contributed by atoms with Crippen molar-refractivity contribution >= 4 is 34.4 Å². The number of benzene rings is 3. The Morgan fingerprint density at radius 3 is 2.39 bits per heavy atom. The third kappa shape index (κ3) is 5.22. The molecule has 4 rings (SSSR count). The van der Waals surface area contributed by atoms with E-state index in [1.54, 1.807) is 42.7 Å². The number of pyridine rings is 1. The highest BCUT2D eigenvalue weighted by Crippen LogP contribution is 2.18. The molecule has 0 spiro atoms. The zero-order valence-electron chi connectivity index (χ0n) is 16.7. The number of fused-ring (bicyclic) bond motifs is 1. The van der Waals surface area contributed by atoms with Gasteiger partial charge in [-0.15, -0.1) is 0 Å². The molecule has 152 valence electrons.